The van der Waals surface area contributed by atoms with Crippen molar-refractivity contribution in [1.82, 2.24) is 0 Å². The molecule has 9 nitrogen and oxygen atoms in total. The van der Waals surface area contributed by atoms with Gasteiger partial charge < -0.3 is 30.0 Å². The third-order valence-corrected chi connectivity index (χ3v) is 2.79. The standard InChI is InChI=1S/C7H15NO8S.Na/c1-14-7-5(10)6(16-17(11,12)13)4(9)3(2-8)15-7;/h3-7,9-10H,2,8H2,1H3,(H,11,12,13);/q;+1/p-1/t3-,4-,5+,6+,7+;/m1./s1. The second-order valence-electron chi connectivity index (χ2n) is 3.46. The second kappa shape index (κ2) is 7.45. The Morgan fingerprint density at radius 3 is 2.33 bits per heavy atom. The van der Waals surface area contributed by atoms with E-state index in [0.29, 0.717) is 0 Å². The number of methoxy groups -OCH3 is 1. The van der Waals surface area contributed by atoms with Crippen LogP contribution in [0.5, 0.6) is 0 Å². The maximum Gasteiger partial charge on any atom is 1.00 e. The molecule has 4 N–H and O–H groups in total. The smallest absolute Gasteiger partial charge is 0.726 e. The predicted octanol–water partition coefficient (Wildman–Crippen LogP) is -6.11. The van der Waals surface area contributed by atoms with Crippen molar-refractivity contribution in [3.63, 3.8) is 0 Å². The van der Waals surface area contributed by atoms with E-state index in [1.165, 1.54) is 7.11 Å². The van der Waals surface area contributed by atoms with Crippen LogP contribution in [0.3, 0.4) is 0 Å². The van der Waals surface area contributed by atoms with Crippen LogP contribution in [0.4, 0.5) is 0 Å². The minimum atomic E-state index is -5.07. The van der Waals surface area contributed by atoms with Gasteiger partial charge in [-0.15, -0.1) is 0 Å². The summed E-state index contributed by atoms with van der Waals surface area (Å²) in [5.74, 6) is 0. The normalized spacial score (nSPS) is 37.1. The molecule has 0 aromatic heterocycles. The van der Waals surface area contributed by atoms with Crippen molar-refractivity contribution in [2.45, 2.75) is 30.7 Å². The molecule has 0 bridgehead atoms. The number of ether oxygens (including phenoxy) is 2. The molecule has 0 aromatic rings. The van der Waals surface area contributed by atoms with Crippen molar-refractivity contribution in [3.05, 3.63) is 0 Å². The third-order valence-electron chi connectivity index (χ3n) is 2.34. The summed E-state index contributed by atoms with van der Waals surface area (Å²) in [6.45, 7) is -0.160. The van der Waals surface area contributed by atoms with Crippen molar-refractivity contribution in [2.75, 3.05) is 13.7 Å². The summed E-state index contributed by atoms with van der Waals surface area (Å²) in [4.78, 5) is 0. The fourth-order valence-electron chi connectivity index (χ4n) is 1.54. The van der Waals surface area contributed by atoms with E-state index in [1.54, 1.807) is 0 Å². The van der Waals surface area contributed by atoms with Crippen molar-refractivity contribution >= 4 is 10.4 Å². The Kier molecular flexibility index (Phi) is 7.73. The van der Waals surface area contributed by atoms with Crippen LogP contribution in [0.1, 0.15) is 0 Å². The molecule has 1 fully saturated rings. The van der Waals surface area contributed by atoms with Gasteiger partial charge in [-0.1, -0.05) is 0 Å². The van der Waals surface area contributed by atoms with Crippen molar-refractivity contribution in [1.29, 1.82) is 0 Å². The van der Waals surface area contributed by atoms with Crippen LogP contribution in [0.2, 0.25) is 0 Å². The Bertz CT molecular complexity index is 335. The van der Waals surface area contributed by atoms with E-state index < -0.39 is 41.1 Å². The molecular weight excluding hydrogens is 281 g/mol. The monoisotopic (exact) mass is 295 g/mol. The van der Waals surface area contributed by atoms with Gasteiger partial charge in [0.15, 0.2) is 6.29 Å². The van der Waals surface area contributed by atoms with E-state index in [-0.39, 0.29) is 36.1 Å². The molecule has 1 aliphatic heterocycles. The van der Waals surface area contributed by atoms with Crippen LogP contribution in [0.15, 0.2) is 0 Å². The first-order chi connectivity index (χ1) is 7.80. The van der Waals surface area contributed by atoms with E-state index in [4.69, 9.17) is 15.2 Å². The Morgan fingerprint density at radius 2 is 1.94 bits per heavy atom. The molecule has 1 aliphatic rings. The molecule has 0 spiro atoms. The van der Waals surface area contributed by atoms with Crippen LogP contribution in [0.25, 0.3) is 0 Å². The number of hydrogen-bond acceptors (Lipinski definition) is 9. The third kappa shape index (κ3) is 4.65. The topological polar surface area (TPSA) is 151 Å². The fourth-order valence-corrected chi connectivity index (χ4v) is 2.04. The second-order valence-corrected chi connectivity index (χ2v) is 4.47. The summed E-state index contributed by atoms with van der Waals surface area (Å²) in [7, 11) is -3.88. The first-order valence-corrected chi connectivity index (χ1v) is 6.02. The number of hydrogen-bond donors (Lipinski definition) is 3. The van der Waals surface area contributed by atoms with E-state index in [0.717, 1.165) is 0 Å². The molecular formula is C7H14NNaO8S. The summed E-state index contributed by atoms with van der Waals surface area (Å²) >= 11 is 0. The minimum absolute atomic E-state index is 0. The van der Waals surface area contributed by atoms with Gasteiger partial charge in [0.2, 0.25) is 10.4 Å². The van der Waals surface area contributed by atoms with Crippen molar-refractivity contribution in [3.8, 4) is 0 Å². The zero-order chi connectivity index (χ0) is 13.2. The van der Waals surface area contributed by atoms with Crippen LogP contribution in [-0.4, -0.2) is 67.5 Å². The Balaban J connectivity index is 0.00000289. The maximum absolute atomic E-state index is 10.5. The quantitative estimate of drug-likeness (QED) is 0.261. The van der Waals surface area contributed by atoms with Crippen LogP contribution >= 0.6 is 0 Å². The van der Waals surface area contributed by atoms with Gasteiger partial charge >= 0.3 is 29.6 Å². The largest absolute Gasteiger partial charge is 1.00 e. The molecule has 0 saturated carbocycles. The average molecular weight is 295 g/mol. The van der Waals surface area contributed by atoms with E-state index in [2.05, 4.69) is 4.18 Å². The minimum Gasteiger partial charge on any atom is -0.726 e. The molecule has 18 heavy (non-hydrogen) atoms. The number of aliphatic hydroxyl groups is 2. The summed E-state index contributed by atoms with van der Waals surface area (Å²) in [6, 6.07) is 0. The van der Waals surface area contributed by atoms with Gasteiger partial charge in [0, 0.05) is 13.7 Å². The molecule has 1 saturated heterocycles. The summed E-state index contributed by atoms with van der Waals surface area (Å²) in [6.07, 6.45) is -7.09. The van der Waals surface area contributed by atoms with Gasteiger partial charge in [0.05, 0.1) is 0 Å². The summed E-state index contributed by atoms with van der Waals surface area (Å²) in [5, 5.41) is 19.2. The molecule has 0 aromatic carbocycles. The first kappa shape index (κ1) is 18.7. The van der Waals surface area contributed by atoms with Gasteiger partial charge in [-0.05, 0) is 0 Å². The molecule has 0 unspecified atom stereocenters. The van der Waals surface area contributed by atoms with Crippen molar-refractivity contribution in [2.24, 2.45) is 5.73 Å². The summed E-state index contributed by atoms with van der Waals surface area (Å²) < 4.78 is 45.2. The van der Waals surface area contributed by atoms with Gasteiger partial charge in [-0.3, -0.25) is 4.18 Å². The SMILES string of the molecule is CO[C@H]1O[C@H](CN)[C@@H](O)[C@H](OS(=O)(=O)[O-])[C@@H]1O.[Na+]. The van der Waals surface area contributed by atoms with Gasteiger partial charge in [0.25, 0.3) is 0 Å². The molecule has 1 heterocycles. The van der Waals surface area contributed by atoms with Crippen LogP contribution in [0, 0.1) is 0 Å². The van der Waals surface area contributed by atoms with E-state index in [9.17, 15) is 23.2 Å². The fraction of sp³-hybridized carbons (Fsp3) is 1.00. The number of nitrogens with two attached hydrogens (primary N) is 1. The molecule has 5 atom stereocenters. The zero-order valence-electron chi connectivity index (χ0n) is 9.92. The van der Waals surface area contributed by atoms with E-state index >= 15 is 0 Å². The van der Waals surface area contributed by atoms with Gasteiger partial charge in [-0.25, -0.2) is 8.42 Å². The Hall–Kier alpha value is 0.670. The molecule has 1 rings (SSSR count). The van der Waals surface area contributed by atoms with Gasteiger partial charge in [-0.2, -0.15) is 0 Å². The van der Waals surface area contributed by atoms with Crippen LogP contribution in [-0.2, 0) is 24.1 Å². The van der Waals surface area contributed by atoms with Crippen molar-refractivity contribution < 1.29 is 66.4 Å². The Labute approximate surface area is 126 Å². The Morgan fingerprint density at radius 1 is 1.39 bits per heavy atom. The van der Waals surface area contributed by atoms with Crippen LogP contribution < -0.4 is 35.3 Å². The number of rotatable bonds is 4. The molecule has 0 aliphatic carbocycles. The summed E-state index contributed by atoms with van der Waals surface area (Å²) in [5.41, 5.74) is 5.28. The maximum atomic E-state index is 10.5. The molecule has 0 radical (unpaired) electrons. The molecule has 0 amide bonds. The predicted molar refractivity (Wildman–Crippen MR) is 51.3 cm³/mol. The number of aliphatic hydroxyl groups excluding tert-OH is 2. The van der Waals surface area contributed by atoms with E-state index in [1.807, 2.05) is 0 Å². The molecule has 11 heteroatoms. The average Bonchev–Trinajstić information content (AvgIpc) is 2.23. The first-order valence-electron chi connectivity index (χ1n) is 4.68. The zero-order valence-corrected chi connectivity index (χ0v) is 12.7. The molecule has 102 valence electrons. The van der Waals surface area contributed by atoms with Gasteiger partial charge in [0.1, 0.15) is 24.4 Å².